The Morgan fingerprint density at radius 1 is 0.789 bits per heavy atom. The smallest absolute Gasteiger partial charge is 0.288 e. The van der Waals surface area contributed by atoms with Crippen molar-refractivity contribution in [2.45, 2.75) is 63.4 Å². The van der Waals surface area contributed by atoms with Gasteiger partial charge in [-0.15, -0.1) is 0 Å². The molecule has 310 valence electrons. The van der Waals surface area contributed by atoms with Crippen molar-refractivity contribution >= 4 is 46.4 Å². The molecule has 2 unspecified atom stereocenters. The lowest BCUT2D eigenvalue weighted by molar-refractivity contribution is -0.119. The minimum Gasteiger partial charge on any atom is -0.493 e. The maximum absolute atomic E-state index is 14.1. The predicted octanol–water partition coefficient (Wildman–Crippen LogP) is 4.60. The number of fused-ring (bicyclic) bond motifs is 4. The molecule has 0 spiro atoms. The van der Waals surface area contributed by atoms with E-state index in [0.29, 0.717) is 73.5 Å². The normalized spacial score (nSPS) is 22.8. The predicted molar refractivity (Wildman–Crippen MR) is 214 cm³/mol. The largest absolute Gasteiger partial charge is 0.493 e. The van der Waals surface area contributed by atoms with Crippen molar-refractivity contribution in [2.24, 2.45) is 0 Å². The van der Waals surface area contributed by atoms with Crippen LogP contribution in [0, 0.1) is 0 Å². The summed E-state index contributed by atoms with van der Waals surface area (Å²) >= 11 is 0. The summed E-state index contributed by atoms with van der Waals surface area (Å²) in [7, 11) is -4.54. The second-order valence-corrected chi connectivity index (χ2v) is 19.6. The van der Waals surface area contributed by atoms with E-state index in [9.17, 15) is 37.0 Å². The van der Waals surface area contributed by atoms with E-state index in [4.69, 9.17) is 18.9 Å². The van der Waals surface area contributed by atoms with Crippen LogP contribution in [0.3, 0.4) is 0 Å². The molecule has 57 heavy (non-hydrogen) atoms. The number of carbonyl (C=O) groups excluding carboxylic acids is 3. The van der Waals surface area contributed by atoms with Gasteiger partial charge in [-0.05, 0) is 58.1 Å². The van der Waals surface area contributed by atoms with E-state index in [1.54, 1.807) is 17.0 Å². The van der Waals surface area contributed by atoms with E-state index < -0.39 is 40.6 Å². The summed E-state index contributed by atoms with van der Waals surface area (Å²) in [4.78, 5) is 43.2. The number of benzene rings is 2. The fourth-order valence-electron chi connectivity index (χ4n) is 7.94. The number of hydrogen-bond donors (Lipinski definition) is 4. The molecule has 16 nitrogen and oxygen atoms in total. The molecule has 0 aromatic heterocycles. The first kappa shape index (κ1) is 42.0. The Balaban J connectivity index is 1.08. The van der Waals surface area contributed by atoms with Gasteiger partial charge in [0.2, 0.25) is 5.91 Å². The monoisotopic (exact) mass is 830 g/mol. The molecule has 0 aliphatic carbocycles. The van der Waals surface area contributed by atoms with Gasteiger partial charge in [0.15, 0.2) is 28.4 Å². The van der Waals surface area contributed by atoms with Crippen LogP contribution >= 0.6 is 7.14 Å². The highest BCUT2D eigenvalue weighted by molar-refractivity contribution is 7.86. The van der Waals surface area contributed by atoms with Gasteiger partial charge in [-0.3, -0.25) is 18.9 Å². The topological polar surface area (TPSA) is 210 Å². The van der Waals surface area contributed by atoms with Gasteiger partial charge < -0.3 is 49.1 Å². The van der Waals surface area contributed by atoms with Gasteiger partial charge in [-0.1, -0.05) is 23.3 Å². The number of nitrogens with zero attached hydrogens (tertiary/aromatic N) is 2. The summed E-state index contributed by atoms with van der Waals surface area (Å²) in [6.45, 7) is 4.50. The fourth-order valence-corrected chi connectivity index (χ4v) is 11.7. The number of ether oxygens (including phenoxy) is 4. The molecule has 18 heteroatoms. The summed E-state index contributed by atoms with van der Waals surface area (Å²) in [6, 6.07) is 4.70. The number of hydrogen-bond acceptors (Lipinski definition) is 12. The van der Waals surface area contributed by atoms with Crippen LogP contribution in [0.2, 0.25) is 0 Å². The Hall–Kier alpha value is -4.57. The maximum atomic E-state index is 14.1. The van der Waals surface area contributed by atoms with Crippen LogP contribution < -0.4 is 29.6 Å². The first-order valence-corrected chi connectivity index (χ1v) is 22.8. The molecule has 4 aliphatic heterocycles. The number of amides is 3. The molecular weight excluding hydrogens is 779 g/mol. The number of methoxy groups -OCH3 is 2. The van der Waals surface area contributed by atoms with E-state index in [1.165, 1.54) is 31.3 Å². The van der Waals surface area contributed by atoms with Crippen LogP contribution in [-0.2, 0) is 19.5 Å². The third kappa shape index (κ3) is 8.96. The van der Waals surface area contributed by atoms with Gasteiger partial charge in [0, 0.05) is 50.3 Å². The molecule has 2 fully saturated rings. The summed E-state index contributed by atoms with van der Waals surface area (Å²) in [5.74, 6) is 0.181. The van der Waals surface area contributed by atoms with Gasteiger partial charge in [0.05, 0.1) is 63.1 Å². The molecule has 2 aromatic carbocycles. The third-order valence-corrected chi connectivity index (χ3v) is 15.5. The number of anilines is 2. The van der Waals surface area contributed by atoms with Crippen molar-refractivity contribution in [1.29, 1.82) is 0 Å². The van der Waals surface area contributed by atoms with Crippen molar-refractivity contribution in [3.05, 3.63) is 58.7 Å². The molecule has 4 aliphatic rings. The highest BCUT2D eigenvalue weighted by Crippen LogP contribution is 2.48. The Kier molecular flexibility index (Phi) is 12.9. The number of allylic oxidation sites excluding steroid dienone is 2. The average Bonchev–Trinajstić information content (AvgIpc) is 3.79. The number of nitrogens with one attached hydrogen (secondary N) is 2. The van der Waals surface area contributed by atoms with Crippen molar-refractivity contribution in [1.82, 2.24) is 9.80 Å². The van der Waals surface area contributed by atoms with Crippen LogP contribution in [0.4, 0.5) is 11.4 Å². The van der Waals surface area contributed by atoms with Crippen LogP contribution in [0.25, 0.3) is 0 Å². The van der Waals surface area contributed by atoms with Crippen LogP contribution in [-0.4, -0.2) is 129 Å². The maximum Gasteiger partial charge on any atom is 0.288 e. The highest BCUT2D eigenvalue weighted by atomic mass is 32.2. The zero-order valence-electron chi connectivity index (χ0n) is 32.6. The second-order valence-electron chi connectivity index (χ2n) is 14.6. The minimum atomic E-state index is -4.62. The van der Waals surface area contributed by atoms with Crippen LogP contribution in [0.5, 0.6) is 23.0 Å². The zero-order valence-corrected chi connectivity index (χ0v) is 34.3. The number of carbonyl (C=O) groups is 3. The molecule has 2 aromatic rings. The standard InChI is InChI=1S/C39H51N4O12PS/c1-5-24-16-30-36(45)40-28-20-34(32(52-3)18-26(28)38(46)42(30)22-24)54-11-8-14-56(48,13-7-10-44)15-9-12-55-35-21-29-27(19-33(35)53-4)39(47)43-23-25(6-2)17-31(43)37(41-29)57(49,50)51/h5-6,18-21,30-31,37,41,44H,7-17,22-23H2,1-4H3,(H,40,45)(H,49,50,51)/b24-5+,25-6+/t30-,31-,37?,56?/m0/s1. The number of aliphatic hydroxyl groups is 1. The first-order valence-electron chi connectivity index (χ1n) is 19.1. The zero-order chi connectivity index (χ0) is 41.1. The SMILES string of the molecule is C/C=C1\C[C@H]2C(=O)Nc3cc(OCCCP(=O)(CCCO)CCCOc4cc5c(cc4OC)C(=O)N4C/C(=C/C)C[C@H]4C(S(=O)(=O)O)N5)c(OC)cc3C(=O)N2C1. The van der Waals surface area contributed by atoms with Gasteiger partial charge in [-0.2, -0.15) is 8.42 Å². The Morgan fingerprint density at radius 2 is 1.32 bits per heavy atom. The van der Waals surface area contributed by atoms with E-state index in [0.717, 1.165) is 11.1 Å². The second kappa shape index (κ2) is 17.5. The third-order valence-electron chi connectivity index (χ3n) is 11.0. The minimum absolute atomic E-state index is 0.112. The fraction of sp³-hybridized carbons (Fsp3) is 0.513. The molecule has 0 bridgehead atoms. The molecule has 2 saturated heterocycles. The van der Waals surface area contributed by atoms with Crippen LogP contribution in [0.15, 0.2) is 47.6 Å². The summed E-state index contributed by atoms with van der Waals surface area (Å²) in [5, 5.41) is 13.8. The molecule has 0 saturated carbocycles. The molecular formula is C39H51N4O12PS. The van der Waals surface area contributed by atoms with E-state index in [1.807, 2.05) is 26.0 Å². The molecule has 0 radical (unpaired) electrons. The van der Waals surface area contributed by atoms with E-state index in [-0.39, 0.29) is 67.4 Å². The molecule has 4 N–H and O–H groups in total. The average molecular weight is 831 g/mol. The Bertz CT molecular complexity index is 2120. The summed E-state index contributed by atoms with van der Waals surface area (Å²) < 4.78 is 72.5. The van der Waals surface area contributed by atoms with Crippen molar-refractivity contribution in [3.8, 4) is 23.0 Å². The van der Waals surface area contributed by atoms with Gasteiger partial charge in [-0.25, -0.2) is 0 Å². The highest BCUT2D eigenvalue weighted by Gasteiger charge is 2.46. The lowest BCUT2D eigenvalue weighted by Crippen LogP contribution is -2.47. The lowest BCUT2D eigenvalue weighted by Gasteiger charge is -2.26. The van der Waals surface area contributed by atoms with Crippen molar-refractivity contribution in [3.63, 3.8) is 0 Å². The summed E-state index contributed by atoms with van der Waals surface area (Å²) in [5.41, 5.74) is 2.89. The number of rotatable bonds is 16. The quantitative estimate of drug-likeness (QED) is 0.0790. The Morgan fingerprint density at radius 3 is 1.88 bits per heavy atom. The molecule has 4 atom stereocenters. The van der Waals surface area contributed by atoms with Crippen LogP contribution in [0.1, 0.15) is 66.7 Å². The van der Waals surface area contributed by atoms with Gasteiger partial charge in [0.1, 0.15) is 6.04 Å². The number of aliphatic hydroxyl groups excluding tert-OH is 1. The van der Waals surface area contributed by atoms with Crippen molar-refractivity contribution < 1.29 is 56.0 Å². The molecule has 4 heterocycles. The van der Waals surface area contributed by atoms with Gasteiger partial charge >= 0.3 is 0 Å². The van der Waals surface area contributed by atoms with Gasteiger partial charge in [0.25, 0.3) is 21.9 Å². The Labute approximate surface area is 332 Å². The van der Waals surface area contributed by atoms with E-state index in [2.05, 4.69) is 10.6 Å². The molecule has 6 rings (SSSR count). The first-order chi connectivity index (χ1) is 27.2. The lowest BCUT2D eigenvalue weighted by atomic mass is 10.1. The van der Waals surface area contributed by atoms with Crippen molar-refractivity contribution in [2.75, 3.05) is 76.2 Å². The van der Waals surface area contributed by atoms with E-state index >= 15 is 0 Å². The summed E-state index contributed by atoms with van der Waals surface area (Å²) in [6.07, 6.45) is 6.65. The molecule has 3 amide bonds.